The van der Waals surface area contributed by atoms with Crippen molar-refractivity contribution in [2.24, 2.45) is 0 Å². The van der Waals surface area contributed by atoms with Crippen LogP contribution in [0, 0.1) is 6.92 Å². The van der Waals surface area contributed by atoms with Gasteiger partial charge < -0.3 is 10.4 Å². The number of likely N-dealkylation sites (tertiary alicyclic amines) is 1. The van der Waals surface area contributed by atoms with Crippen LogP contribution in [-0.4, -0.2) is 63.4 Å². The molecule has 24 heavy (non-hydrogen) atoms. The molecule has 3 rings (SSSR count). The molecule has 0 bridgehead atoms. The van der Waals surface area contributed by atoms with Crippen molar-refractivity contribution in [1.82, 2.24) is 25.4 Å². The lowest BCUT2D eigenvalue weighted by Gasteiger charge is -2.22. The Bertz CT molecular complexity index is 699. The number of carbonyl (C=O) groups is 1. The summed E-state index contributed by atoms with van der Waals surface area (Å²) in [7, 11) is 0. The fourth-order valence-corrected chi connectivity index (χ4v) is 3.28. The SMILES string of the molecule is Cc1[nH]nc2ncc(C(=O)NCCCCN3CCCC3CO)cc12. The maximum Gasteiger partial charge on any atom is 0.252 e. The number of aromatic amines is 1. The van der Waals surface area contributed by atoms with Crippen molar-refractivity contribution in [3.05, 3.63) is 23.5 Å². The molecule has 0 radical (unpaired) electrons. The maximum absolute atomic E-state index is 12.2. The smallest absolute Gasteiger partial charge is 0.252 e. The van der Waals surface area contributed by atoms with Crippen LogP contribution in [0.4, 0.5) is 0 Å². The number of nitrogens with one attached hydrogen (secondary N) is 2. The van der Waals surface area contributed by atoms with E-state index in [-0.39, 0.29) is 12.5 Å². The minimum absolute atomic E-state index is 0.0978. The molecule has 7 heteroatoms. The lowest BCUT2D eigenvalue weighted by atomic mass is 10.2. The molecule has 1 fully saturated rings. The first-order valence-electron chi connectivity index (χ1n) is 8.63. The predicted molar refractivity (Wildman–Crippen MR) is 91.9 cm³/mol. The molecule has 1 atom stereocenters. The van der Waals surface area contributed by atoms with Gasteiger partial charge in [-0.05, 0) is 51.8 Å². The molecule has 2 aromatic rings. The van der Waals surface area contributed by atoms with E-state index in [9.17, 15) is 9.90 Å². The quantitative estimate of drug-likeness (QED) is 0.664. The predicted octanol–water partition coefficient (Wildman–Crippen LogP) is 1.23. The van der Waals surface area contributed by atoms with Crippen molar-refractivity contribution < 1.29 is 9.90 Å². The number of hydrogen-bond donors (Lipinski definition) is 3. The van der Waals surface area contributed by atoms with E-state index in [0.717, 1.165) is 43.4 Å². The number of aromatic nitrogens is 3. The normalized spacial score (nSPS) is 18.3. The largest absolute Gasteiger partial charge is 0.395 e. The molecular weight excluding hydrogens is 306 g/mol. The molecule has 1 aliphatic rings. The van der Waals surface area contributed by atoms with Crippen LogP contribution in [-0.2, 0) is 0 Å². The van der Waals surface area contributed by atoms with Gasteiger partial charge in [-0.1, -0.05) is 0 Å². The van der Waals surface area contributed by atoms with Crippen molar-refractivity contribution in [3.8, 4) is 0 Å². The van der Waals surface area contributed by atoms with Gasteiger partial charge in [-0.25, -0.2) is 4.98 Å². The van der Waals surface area contributed by atoms with Crippen LogP contribution in [0.5, 0.6) is 0 Å². The second kappa shape index (κ2) is 7.72. The number of aliphatic hydroxyl groups is 1. The molecule has 2 aromatic heterocycles. The van der Waals surface area contributed by atoms with Crippen LogP contribution < -0.4 is 5.32 Å². The van der Waals surface area contributed by atoms with Crippen molar-refractivity contribution in [1.29, 1.82) is 0 Å². The average Bonchev–Trinajstić information content (AvgIpc) is 3.20. The van der Waals surface area contributed by atoms with Crippen LogP contribution >= 0.6 is 0 Å². The second-order valence-electron chi connectivity index (χ2n) is 6.42. The third-order valence-electron chi connectivity index (χ3n) is 4.73. The highest BCUT2D eigenvalue weighted by molar-refractivity contribution is 5.97. The summed E-state index contributed by atoms with van der Waals surface area (Å²) in [6.07, 6.45) is 5.78. The van der Waals surface area contributed by atoms with Crippen molar-refractivity contribution in [3.63, 3.8) is 0 Å². The molecule has 0 saturated carbocycles. The van der Waals surface area contributed by atoms with Gasteiger partial charge in [0.2, 0.25) is 0 Å². The summed E-state index contributed by atoms with van der Waals surface area (Å²) in [5.41, 5.74) is 2.11. The van der Waals surface area contributed by atoms with Gasteiger partial charge in [-0.15, -0.1) is 0 Å². The highest BCUT2D eigenvalue weighted by Crippen LogP contribution is 2.17. The van der Waals surface area contributed by atoms with E-state index in [1.54, 1.807) is 6.20 Å². The Labute approximate surface area is 141 Å². The summed E-state index contributed by atoms with van der Waals surface area (Å²) in [6, 6.07) is 2.16. The summed E-state index contributed by atoms with van der Waals surface area (Å²) >= 11 is 0. The van der Waals surface area contributed by atoms with E-state index in [4.69, 9.17) is 0 Å². The number of aliphatic hydroxyl groups excluding tert-OH is 1. The fraction of sp³-hybridized carbons (Fsp3) is 0.588. The lowest BCUT2D eigenvalue weighted by Crippen LogP contribution is -2.33. The third kappa shape index (κ3) is 3.73. The monoisotopic (exact) mass is 331 g/mol. The zero-order chi connectivity index (χ0) is 16.9. The number of unbranched alkanes of at least 4 members (excludes halogenated alkanes) is 1. The molecule has 1 aliphatic heterocycles. The number of pyridine rings is 1. The van der Waals surface area contributed by atoms with Crippen LogP contribution in [0.2, 0.25) is 0 Å². The van der Waals surface area contributed by atoms with E-state index >= 15 is 0 Å². The first-order chi connectivity index (χ1) is 11.7. The van der Waals surface area contributed by atoms with E-state index in [0.29, 0.717) is 23.8 Å². The summed E-state index contributed by atoms with van der Waals surface area (Å²) in [5.74, 6) is -0.0978. The Morgan fingerprint density at radius 3 is 3.21 bits per heavy atom. The van der Waals surface area contributed by atoms with E-state index in [1.807, 2.05) is 13.0 Å². The number of nitrogens with zero attached hydrogens (tertiary/aromatic N) is 3. The molecule has 1 saturated heterocycles. The van der Waals surface area contributed by atoms with Gasteiger partial charge >= 0.3 is 0 Å². The van der Waals surface area contributed by atoms with Gasteiger partial charge in [-0.3, -0.25) is 14.8 Å². The van der Waals surface area contributed by atoms with Gasteiger partial charge in [0.05, 0.1) is 12.2 Å². The van der Waals surface area contributed by atoms with Crippen molar-refractivity contribution >= 4 is 16.9 Å². The Balaban J connectivity index is 1.42. The van der Waals surface area contributed by atoms with Crippen LogP contribution in [0.1, 0.15) is 41.7 Å². The maximum atomic E-state index is 12.2. The molecule has 7 nitrogen and oxygen atoms in total. The zero-order valence-electron chi connectivity index (χ0n) is 14.1. The summed E-state index contributed by atoms with van der Waals surface area (Å²) < 4.78 is 0. The summed E-state index contributed by atoms with van der Waals surface area (Å²) in [5, 5.41) is 20.1. The number of aryl methyl sites for hydroxylation is 1. The number of fused-ring (bicyclic) bond motifs is 1. The van der Waals surface area contributed by atoms with Crippen molar-refractivity contribution in [2.75, 3.05) is 26.2 Å². The van der Waals surface area contributed by atoms with Gasteiger partial charge in [0, 0.05) is 29.9 Å². The standard InChI is InChI=1S/C17H25N5O2/c1-12-15-9-13(10-19-16(15)21-20-12)17(24)18-6-2-3-7-22-8-4-5-14(22)11-23/h9-10,14,23H,2-8,11H2,1H3,(H,18,24)(H,19,20,21). The van der Waals surface area contributed by atoms with Gasteiger partial charge in [0.1, 0.15) is 0 Å². The number of amides is 1. The first kappa shape index (κ1) is 16.9. The highest BCUT2D eigenvalue weighted by atomic mass is 16.3. The minimum Gasteiger partial charge on any atom is -0.395 e. The van der Waals surface area contributed by atoms with Gasteiger partial charge in [-0.2, -0.15) is 5.10 Å². The van der Waals surface area contributed by atoms with Gasteiger partial charge in [0.25, 0.3) is 5.91 Å². The number of H-pyrrole nitrogens is 1. The molecule has 1 unspecified atom stereocenters. The topological polar surface area (TPSA) is 94.1 Å². The Morgan fingerprint density at radius 2 is 2.38 bits per heavy atom. The number of rotatable bonds is 7. The summed E-state index contributed by atoms with van der Waals surface area (Å²) in [6.45, 7) is 4.88. The fourth-order valence-electron chi connectivity index (χ4n) is 3.28. The average molecular weight is 331 g/mol. The minimum atomic E-state index is -0.0978. The Kier molecular flexibility index (Phi) is 5.42. The molecular formula is C17H25N5O2. The molecule has 3 heterocycles. The first-order valence-corrected chi connectivity index (χ1v) is 8.63. The van der Waals surface area contributed by atoms with E-state index < -0.39 is 0 Å². The van der Waals surface area contributed by atoms with Crippen LogP contribution in [0.25, 0.3) is 11.0 Å². The molecule has 3 N–H and O–H groups in total. The molecule has 0 aromatic carbocycles. The second-order valence-corrected chi connectivity index (χ2v) is 6.42. The van der Waals surface area contributed by atoms with E-state index in [1.165, 1.54) is 6.42 Å². The van der Waals surface area contributed by atoms with Gasteiger partial charge in [0.15, 0.2) is 5.65 Å². The van der Waals surface area contributed by atoms with Crippen molar-refractivity contribution in [2.45, 2.75) is 38.6 Å². The molecule has 1 amide bonds. The molecule has 130 valence electrons. The highest BCUT2D eigenvalue weighted by Gasteiger charge is 2.22. The van der Waals surface area contributed by atoms with E-state index in [2.05, 4.69) is 25.4 Å². The summed E-state index contributed by atoms with van der Waals surface area (Å²) in [4.78, 5) is 18.8. The van der Waals surface area contributed by atoms with Crippen LogP contribution in [0.15, 0.2) is 12.3 Å². The third-order valence-corrected chi connectivity index (χ3v) is 4.73. The Hall–Kier alpha value is -1.99. The Morgan fingerprint density at radius 1 is 1.50 bits per heavy atom. The molecule has 0 spiro atoms. The lowest BCUT2D eigenvalue weighted by molar-refractivity contribution is 0.0952. The zero-order valence-corrected chi connectivity index (χ0v) is 14.1. The number of carbonyl (C=O) groups excluding carboxylic acids is 1. The number of hydrogen-bond acceptors (Lipinski definition) is 5. The van der Waals surface area contributed by atoms with Crippen LogP contribution in [0.3, 0.4) is 0 Å². The molecule has 0 aliphatic carbocycles.